The number of aromatic nitrogens is 1. The molecule has 0 unspecified atom stereocenters. The van der Waals surface area contributed by atoms with Gasteiger partial charge in [-0.2, -0.15) is 0 Å². The number of pyridine rings is 1. The molecule has 0 saturated carbocycles. The highest BCUT2D eigenvalue weighted by molar-refractivity contribution is 6.13. The zero-order valence-electron chi connectivity index (χ0n) is 19.4. The van der Waals surface area contributed by atoms with Gasteiger partial charge in [-0.1, -0.05) is 56.3 Å². The Labute approximate surface area is 189 Å². The fourth-order valence-electron chi connectivity index (χ4n) is 5.53. The van der Waals surface area contributed by atoms with E-state index in [-0.39, 0.29) is 0 Å². The first-order valence-corrected chi connectivity index (χ1v) is 11.5. The van der Waals surface area contributed by atoms with Gasteiger partial charge in [0.05, 0.1) is 10.9 Å². The van der Waals surface area contributed by atoms with Crippen LogP contribution in [0.4, 0.5) is 0 Å². The highest BCUT2D eigenvalue weighted by Crippen LogP contribution is 2.52. The van der Waals surface area contributed by atoms with Crippen molar-refractivity contribution in [1.82, 2.24) is 0 Å². The third-order valence-electron chi connectivity index (χ3n) is 7.02. The van der Waals surface area contributed by atoms with Gasteiger partial charge in [-0.15, -0.1) is 0 Å². The van der Waals surface area contributed by atoms with Gasteiger partial charge in [-0.3, -0.25) is 0 Å². The molecule has 2 heterocycles. The summed E-state index contributed by atoms with van der Waals surface area (Å²) in [5, 5.41) is 7.45. The second-order valence-corrected chi connectivity index (χ2v) is 9.70. The summed E-state index contributed by atoms with van der Waals surface area (Å²) in [4.78, 5) is 0. The molecule has 0 radical (unpaired) electrons. The van der Waals surface area contributed by atoms with Crippen LogP contribution in [0.5, 0.6) is 11.5 Å². The fourth-order valence-corrected chi connectivity index (χ4v) is 5.53. The molecule has 0 saturated heterocycles. The van der Waals surface area contributed by atoms with Crippen LogP contribution in [-0.2, 0) is 13.5 Å². The summed E-state index contributed by atoms with van der Waals surface area (Å²) in [6.07, 6.45) is 3.27. The molecular weight excluding hydrogens is 390 g/mol. The minimum absolute atomic E-state index is 0.638. The zero-order valence-corrected chi connectivity index (χ0v) is 19.4. The highest BCUT2D eigenvalue weighted by atomic mass is 16.5. The number of benzene rings is 4. The Morgan fingerprint density at radius 2 is 1.56 bits per heavy atom. The molecule has 0 aliphatic carbocycles. The number of nitrogens with zero attached hydrogens (tertiary/aromatic N) is 1. The van der Waals surface area contributed by atoms with Gasteiger partial charge >= 0.3 is 0 Å². The molecular formula is C30H28NO+. The van der Waals surface area contributed by atoms with Gasteiger partial charge in [-0.25, -0.2) is 4.57 Å². The van der Waals surface area contributed by atoms with Crippen molar-refractivity contribution in [2.24, 2.45) is 13.0 Å². The number of hydrogen-bond acceptors (Lipinski definition) is 1. The van der Waals surface area contributed by atoms with Gasteiger partial charge in [0.25, 0.3) is 0 Å². The number of fused-ring (bicyclic) bond motifs is 5. The lowest BCUT2D eigenvalue weighted by atomic mass is 9.88. The van der Waals surface area contributed by atoms with Crippen LogP contribution < -0.4 is 9.30 Å². The van der Waals surface area contributed by atoms with Gasteiger partial charge in [0.15, 0.2) is 6.20 Å². The normalized spacial score (nSPS) is 12.6. The smallest absolute Gasteiger partial charge is 0.228 e. The second-order valence-electron chi connectivity index (χ2n) is 9.70. The van der Waals surface area contributed by atoms with E-state index in [0.29, 0.717) is 5.92 Å². The topological polar surface area (TPSA) is 13.1 Å². The summed E-state index contributed by atoms with van der Waals surface area (Å²) in [5.74, 6) is 2.62. The number of rotatable bonds is 2. The van der Waals surface area contributed by atoms with Crippen molar-refractivity contribution >= 4 is 32.3 Å². The maximum atomic E-state index is 6.85. The maximum Gasteiger partial charge on any atom is 0.228 e. The third-order valence-corrected chi connectivity index (χ3v) is 7.02. The molecule has 5 aromatic rings. The SMILES string of the molecule is Cc1c2c(c(C)c3ccccc13)-c1c3c(c4ccc(CC(C)C)cc4cc3cc[n+]1C)O2. The minimum Gasteiger partial charge on any atom is -0.455 e. The van der Waals surface area contributed by atoms with E-state index in [1.165, 1.54) is 60.3 Å². The molecule has 0 spiro atoms. The van der Waals surface area contributed by atoms with Crippen LogP contribution in [0.15, 0.2) is 60.8 Å². The molecule has 4 aromatic carbocycles. The van der Waals surface area contributed by atoms with Crippen LogP contribution >= 0.6 is 0 Å². The quantitative estimate of drug-likeness (QED) is 0.209. The first-order chi connectivity index (χ1) is 15.4. The Hall–Kier alpha value is -3.39. The molecule has 1 aliphatic rings. The zero-order chi connectivity index (χ0) is 22.1. The highest BCUT2D eigenvalue weighted by Gasteiger charge is 2.32. The van der Waals surface area contributed by atoms with E-state index >= 15 is 0 Å². The van der Waals surface area contributed by atoms with Gasteiger partial charge < -0.3 is 4.74 Å². The number of hydrogen-bond donors (Lipinski definition) is 0. The van der Waals surface area contributed by atoms with Gasteiger partial charge in [0.2, 0.25) is 5.69 Å². The van der Waals surface area contributed by atoms with Gasteiger partial charge in [0.1, 0.15) is 18.5 Å². The molecule has 0 fully saturated rings. The molecule has 0 atom stereocenters. The predicted molar refractivity (Wildman–Crippen MR) is 134 cm³/mol. The number of ether oxygens (including phenoxy) is 1. The molecule has 0 N–H and O–H groups in total. The first-order valence-electron chi connectivity index (χ1n) is 11.5. The van der Waals surface area contributed by atoms with Crippen molar-refractivity contribution < 1.29 is 9.30 Å². The van der Waals surface area contributed by atoms with E-state index in [4.69, 9.17) is 4.74 Å². The largest absolute Gasteiger partial charge is 0.455 e. The van der Waals surface area contributed by atoms with Crippen molar-refractivity contribution in [2.75, 3.05) is 0 Å². The molecule has 1 aliphatic heterocycles. The Kier molecular flexibility index (Phi) is 4.10. The summed E-state index contributed by atoms with van der Waals surface area (Å²) in [5.41, 5.74) is 6.34. The maximum absolute atomic E-state index is 6.85. The fraction of sp³-hybridized carbons (Fsp3) is 0.233. The summed E-state index contributed by atoms with van der Waals surface area (Å²) in [6, 6.07) is 20.1. The van der Waals surface area contributed by atoms with Crippen LogP contribution in [0.25, 0.3) is 43.6 Å². The average Bonchev–Trinajstić information content (AvgIpc) is 2.78. The van der Waals surface area contributed by atoms with Crippen molar-refractivity contribution in [3.63, 3.8) is 0 Å². The Balaban J connectivity index is 1.75. The van der Waals surface area contributed by atoms with E-state index in [2.05, 4.69) is 100 Å². The van der Waals surface area contributed by atoms with E-state index in [0.717, 1.165) is 17.9 Å². The first kappa shape index (κ1) is 19.3. The van der Waals surface area contributed by atoms with Crippen LogP contribution in [0, 0.1) is 19.8 Å². The Morgan fingerprint density at radius 1 is 0.812 bits per heavy atom. The lowest BCUT2D eigenvalue weighted by Gasteiger charge is -2.25. The average molecular weight is 419 g/mol. The molecule has 1 aromatic heterocycles. The van der Waals surface area contributed by atoms with Crippen LogP contribution in [0.2, 0.25) is 0 Å². The summed E-state index contributed by atoms with van der Waals surface area (Å²) in [6.45, 7) is 8.97. The van der Waals surface area contributed by atoms with Crippen LogP contribution in [0.1, 0.15) is 30.5 Å². The van der Waals surface area contributed by atoms with E-state index in [9.17, 15) is 0 Å². The Bertz CT molecular complexity index is 1580. The molecule has 0 amide bonds. The van der Waals surface area contributed by atoms with Crippen LogP contribution in [-0.4, -0.2) is 0 Å². The van der Waals surface area contributed by atoms with Crippen molar-refractivity contribution in [3.8, 4) is 22.8 Å². The molecule has 32 heavy (non-hydrogen) atoms. The van der Waals surface area contributed by atoms with E-state index in [1.54, 1.807) is 0 Å². The standard InChI is InChI=1S/C30H28NO/c1-17(2)14-20-10-11-25-22(15-20)16-21-12-13-31(5)28-26-18(3)23-8-6-7-9-24(23)19(4)29(26)32-30(25)27(21)28/h6-13,15-17H,14H2,1-5H3/q+1. The van der Waals surface area contributed by atoms with Crippen LogP contribution in [0.3, 0.4) is 0 Å². The second kappa shape index (κ2) is 6.80. The Morgan fingerprint density at radius 3 is 2.31 bits per heavy atom. The summed E-state index contributed by atoms with van der Waals surface area (Å²) < 4.78 is 9.10. The molecule has 6 rings (SSSR count). The van der Waals surface area contributed by atoms with Gasteiger partial charge in [-0.05, 0) is 64.9 Å². The summed E-state index contributed by atoms with van der Waals surface area (Å²) >= 11 is 0. The molecule has 2 nitrogen and oxygen atoms in total. The summed E-state index contributed by atoms with van der Waals surface area (Å²) in [7, 11) is 2.15. The van der Waals surface area contributed by atoms with E-state index in [1.807, 2.05) is 0 Å². The van der Waals surface area contributed by atoms with E-state index < -0.39 is 0 Å². The lowest BCUT2D eigenvalue weighted by molar-refractivity contribution is -0.659. The van der Waals surface area contributed by atoms with Crippen molar-refractivity contribution in [2.45, 2.75) is 34.1 Å². The molecule has 2 heteroatoms. The van der Waals surface area contributed by atoms with Gasteiger partial charge in [0, 0.05) is 17.0 Å². The lowest BCUT2D eigenvalue weighted by Crippen LogP contribution is -2.32. The van der Waals surface area contributed by atoms with Crippen molar-refractivity contribution in [1.29, 1.82) is 0 Å². The third kappa shape index (κ3) is 2.62. The number of aryl methyl sites for hydroxylation is 3. The molecule has 158 valence electrons. The minimum atomic E-state index is 0.638. The monoisotopic (exact) mass is 418 g/mol. The molecule has 0 bridgehead atoms. The predicted octanol–water partition coefficient (Wildman–Crippen LogP) is 7.56. The van der Waals surface area contributed by atoms with Crippen molar-refractivity contribution in [3.05, 3.63) is 77.5 Å².